The van der Waals surface area contributed by atoms with Crippen LogP contribution in [0.15, 0.2) is 18.2 Å². The van der Waals surface area contributed by atoms with Crippen LogP contribution >= 0.6 is 0 Å². The Bertz CT molecular complexity index is 758. The average molecular weight is 354 g/mol. The first-order valence-electron chi connectivity index (χ1n) is 10.0. The molecule has 3 atom stereocenters. The molecule has 0 aliphatic heterocycles. The van der Waals surface area contributed by atoms with Gasteiger partial charge in [0.25, 0.3) is 0 Å². The third-order valence-corrected chi connectivity index (χ3v) is 6.05. The lowest BCUT2D eigenvalue weighted by atomic mass is 9.83. The van der Waals surface area contributed by atoms with Gasteiger partial charge in [0.2, 0.25) is 0 Å². The molecule has 0 amide bonds. The number of aliphatic hydroxyl groups is 1. The molecule has 1 heterocycles. The van der Waals surface area contributed by atoms with Gasteiger partial charge in [-0.15, -0.1) is 0 Å². The molecule has 2 aliphatic rings. The fourth-order valence-electron chi connectivity index (χ4n) is 4.65. The summed E-state index contributed by atoms with van der Waals surface area (Å²) in [5.74, 6) is 2.77. The van der Waals surface area contributed by atoms with E-state index in [1.807, 2.05) is 0 Å². The third kappa shape index (κ3) is 3.42. The zero-order valence-electron chi connectivity index (χ0n) is 15.9. The molecule has 5 heteroatoms. The second-order valence-corrected chi connectivity index (χ2v) is 8.31. The Morgan fingerprint density at radius 2 is 1.69 bits per heavy atom. The van der Waals surface area contributed by atoms with Crippen LogP contribution in [-0.2, 0) is 0 Å². The summed E-state index contributed by atoms with van der Waals surface area (Å²) >= 11 is 0. The van der Waals surface area contributed by atoms with E-state index in [9.17, 15) is 5.11 Å². The Kier molecular flexibility index (Phi) is 4.84. The van der Waals surface area contributed by atoms with Gasteiger partial charge in [-0.25, -0.2) is 9.67 Å². The highest BCUT2D eigenvalue weighted by atomic mass is 16.3. The molecule has 140 valence electrons. The monoisotopic (exact) mass is 354 g/mol. The summed E-state index contributed by atoms with van der Waals surface area (Å²) in [5.41, 5.74) is 9.73. The van der Waals surface area contributed by atoms with Crippen molar-refractivity contribution in [1.29, 1.82) is 0 Å². The fraction of sp³-hybridized carbons (Fsp3) is 0.619. The zero-order chi connectivity index (χ0) is 18.3. The zero-order valence-corrected chi connectivity index (χ0v) is 15.9. The van der Waals surface area contributed by atoms with Gasteiger partial charge in [0.05, 0.1) is 11.8 Å². The normalized spacial score (nSPS) is 27.2. The maximum atomic E-state index is 10.0. The van der Waals surface area contributed by atoms with Gasteiger partial charge in [-0.1, -0.05) is 18.9 Å². The van der Waals surface area contributed by atoms with E-state index in [1.165, 1.54) is 36.8 Å². The number of nitrogens with zero attached hydrogens (tertiary/aromatic N) is 3. The van der Waals surface area contributed by atoms with Crippen LogP contribution in [0.5, 0.6) is 0 Å². The Hall–Kier alpha value is -1.72. The number of rotatable bonds is 3. The predicted molar refractivity (Wildman–Crippen MR) is 103 cm³/mol. The Morgan fingerprint density at radius 3 is 2.35 bits per heavy atom. The van der Waals surface area contributed by atoms with E-state index < -0.39 is 6.10 Å². The first-order valence-corrected chi connectivity index (χ1v) is 10.0. The molecular weight excluding hydrogens is 324 g/mol. The minimum absolute atomic E-state index is 0.173. The average Bonchev–Trinajstić information content (AvgIpc) is 3.25. The lowest BCUT2D eigenvalue weighted by Crippen LogP contribution is -2.40. The highest BCUT2D eigenvalue weighted by molar-refractivity contribution is 5.40. The van der Waals surface area contributed by atoms with Gasteiger partial charge in [0, 0.05) is 17.9 Å². The molecule has 1 aromatic carbocycles. The summed E-state index contributed by atoms with van der Waals surface area (Å²) in [4.78, 5) is 5.03. The molecule has 0 radical (unpaired) electrons. The van der Waals surface area contributed by atoms with Crippen molar-refractivity contribution < 1.29 is 5.11 Å². The maximum Gasteiger partial charge on any atom is 0.154 e. The third-order valence-electron chi connectivity index (χ3n) is 6.05. The van der Waals surface area contributed by atoms with Crippen LogP contribution in [0.1, 0.15) is 79.6 Å². The Labute approximate surface area is 155 Å². The molecule has 3 N–H and O–H groups in total. The van der Waals surface area contributed by atoms with E-state index in [0.717, 1.165) is 36.6 Å². The lowest BCUT2D eigenvalue weighted by Gasteiger charge is -2.30. The van der Waals surface area contributed by atoms with Gasteiger partial charge < -0.3 is 10.8 Å². The molecular formula is C21H30N4O. The van der Waals surface area contributed by atoms with E-state index in [2.05, 4.69) is 36.7 Å². The van der Waals surface area contributed by atoms with Crippen LogP contribution in [0.4, 0.5) is 0 Å². The van der Waals surface area contributed by atoms with E-state index in [1.54, 1.807) is 0 Å². The molecule has 1 aromatic heterocycles. The fourth-order valence-corrected chi connectivity index (χ4v) is 4.65. The van der Waals surface area contributed by atoms with Crippen molar-refractivity contribution in [3.63, 3.8) is 0 Å². The molecule has 0 bridgehead atoms. The van der Waals surface area contributed by atoms with Crippen molar-refractivity contribution in [3.05, 3.63) is 41.0 Å². The Balaban J connectivity index is 1.75. The van der Waals surface area contributed by atoms with Crippen molar-refractivity contribution in [2.75, 3.05) is 0 Å². The molecule has 26 heavy (non-hydrogen) atoms. The second-order valence-electron chi connectivity index (χ2n) is 8.31. The lowest BCUT2D eigenvalue weighted by molar-refractivity contribution is 0.0989. The summed E-state index contributed by atoms with van der Waals surface area (Å²) in [6.07, 6.45) is 6.98. The van der Waals surface area contributed by atoms with E-state index in [4.69, 9.17) is 15.8 Å². The van der Waals surface area contributed by atoms with Gasteiger partial charge in [-0.05, 0) is 69.2 Å². The first-order chi connectivity index (χ1) is 12.5. The van der Waals surface area contributed by atoms with Crippen molar-refractivity contribution >= 4 is 0 Å². The quantitative estimate of drug-likeness (QED) is 0.884. The molecule has 0 unspecified atom stereocenters. The van der Waals surface area contributed by atoms with Gasteiger partial charge in [-0.3, -0.25) is 0 Å². The summed E-state index contributed by atoms with van der Waals surface area (Å²) in [6, 6.07) is 6.38. The maximum absolute atomic E-state index is 10.0. The number of hydrogen-bond donors (Lipinski definition) is 2. The van der Waals surface area contributed by atoms with Crippen molar-refractivity contribution in [2.24, 2.45) is 5.73 Å². The second kappa shape index (κ2) is 7.12. The van der Waals surface area contributed by atoms with E-state index in [0.29, 0.717) is 5.92 Å². The number of nitrogens with two attached hydrogens (primary N) is 1. The van der Waals surface area contributed by atoms with Crippen LogP contribution in [0.25, 0.3) is 5.69 Å². The number of hydrogen-bond acceptors (Lipinski definition) is 4. The largest absolute Gasteiger partial charge is 0.392 e. The van der Waals surface area contributed by atoms with E-state index in [-0.39, 0.29) is 12.0 Å². The molecule has 2 fully saturated rings. The standard InChI is InChI=1S/C21H30N4O/c1-13-9-14(2)11-17(10-13)25-21(16-7-8-19(26)18(22)12-16)23-20(24-25)15-5-3-4-6-15/h9-11,15-16,18-19,26H,3-8,12,22H2,1-2H3/t16-,18+,19+/m0/s1. The van der Waals surface area contributed by atoms with Crippen LogP contribution in [0.3, 0.4) is 0 Å². The smallest absolute Gasteiger partial charge is 0.154 e. The van der Waals surface area contributed by atoms with Crippen molar-refractivity contribution in [2.45, 2.75) is 82.8 Å². The number of aliphatic hydroxyl groups excluding tert-OH is 1. The summed E-state index contributed by atoms with van der Waals surface area (Å²) in [5, 5.41) is 15.0. The van der Waals surface area contributed by atoms with Crippen LogP contribution in [0.2, 0.25) is 0 Å². The number of aryl methyl sites for hydroxylation is 2. The van der Waals surface area contributed by atoms with Gasteiger partial charge in [0.15, 0.2) is 5.82 Å². The molecule has 4 rings (SSSR count). The van der Waals surface area contributed by atoms with Gasteiger partial charge >= 0.3 is 0 Å². The highest BCUT2D eigenvalue weighted by Crippen LogP contribution is 2.36. The molecule has 2 aromatic rings. The van der Waals surface area contributed by atoms with Crippen LogP contribution in [0, 0.1) is 13.8 Å². The molecule has 2 saturated carbocycles. The van der Waals surface area contributed by atoms with Gasteiger partial charge in [-0.2, -0.15) is 5.10 Å². The van der Waals surface area contributed by atoms with Crippen LogP contribution in [-0.4, -0.2) is 32.0 Å². The van der Waals surface area contributed by atoms with Crippen LogP contribution < -0.4 is 5.73 Å². The SMILES string of the molecule is Cc1cc(C)cc(-n2nc(C3CCCC3)nc2[C@H]2CC[C@@H](O)[C@H](N)C2)c1. The minimum Gasteiger partial charge on any atom is -0.392 e. The van der Waals surface area contributed by atoms with Crippen molar-refractivity contribution in [1.82, 2.24) is 14.8 Å². The van der Waals surface area contributed by atoms with E-state index >= 15 is 0 Å². The minimum atomic E-state index is -0.391. The molecule has 5 nitrogen and oxygen atoms in total. The highest BCUT2D eigenvalue weighted by Gasteiger charge is 2.32. The topological polar surface area (TPSA) is 77.0 Å². The number of aromatic nitrogens is 3. The molecule has 2 aliphatic carbocycles. The predicted octanol–water partition coefficient (Wildman–Crippen LogP) is 3.50. The summed E-state index contributed by atoms with van der Waals surface area (Å²) in [7, 11) is 0. The Morgan fingerprint density at radius 1 is 1.00 bits per heavy atom. The summed E-state index contributed by atoms with van der Waals surface area (Å²) < 4.78 is 2.06. The molecule has 0 spiro atoms. The van der Waals surface area contributed by atoms with Gasteiger partial charge in [0.1, 0.15) is 5.82 Å². The number of benzene rings is 1. The van der Waals surface area contributed by atoms with Crippen molar-refractivity contribution in [3.8, 4) is 5.69 Å². The first kappa shape index (κ1) is 17.7. The molecule has 0 saturated heterocycles. The summed E-state index contributed by atoms with van der Waals surface area (Å²) in [6.45, 7) is 4.25.